The molecule has 42 heavy (non-hydrogen) atoms. The monoisotopic (exact) mass is 542 g/mol. The van der Waals surface area contributed by atoms with Crippen LogP contribution in [0.15, 0.2) is 147 Å². The number of aromatic nitrogens is 1. The van der Waals surface area contributed by atoms with Crippen molar-refractivity contribution in [2.24, 2.45) is 0 Å². The Kier molecular flexibility index (Phi) is 4.83. The largest absolute Gasteiger partial charge is 0.456 e. The second-order valence-corrected chi connectivity index (χ2v) is 10.4. The molecule has 198 valence electrons. The van der Waals surface area contributed by atoms with Gasteiger partial charge >= 0.3 is 0 Å². The Morgan fingerprint density at radius 3 is 1.76 bits per heavy atom. The molecule has 0 bridgehead atoms. The summed E-state index contributed by atoms with van der Waals surface area (Å²) in [4.78, 5) is 6.98. The first kappa shape index (κ1) is 22.9. The van der Waals surface area contributed by atoms with Crippen LogP contribution >= 0.6 is 0 Å². The lowest BCUT2D eigenvalue weighted by Gasteiger charge is -2.25. The van der Waals surface area contributed by atoms with Crippen molar-refractivity contribution in [2.45, 2.75) is 0 Å². The molecular formula is C37H22N2O3. The number of nitrogens with zero attached hydrogens (tertiary/aromatic N) is 2. The van der Waals surface area contributed by atoms with Gasteiger partial charge in [0.05, 0.1) is 0 Å². The van der Waals surface area contributed by atoms with E-state index in [-0.39, 0.29) is 0 Å². The molecule has 0 atom stereocenters. The number of rotatable bonds is 4. The molecule has 0 N–H and O–H groups in total. The van der Waals surface area contributed by atoms with Gasteiger partial charge in [-0.15, -0.1) is 0 Å². The van der Waals surface area contributed by atoms with E-state index >= 15 is 0 Å². The van der Waals surface area contributed by atoms with Gasteiger partial charge in [0, 0.05) is 62.4 Å². The molecule has 9 rings (SSSR count). The summed E-state index contributed by atoms with van der Waals surface area (Å²) in [5, 5.41) is 4.25. The van der Waals surface area contributed by atoms with E-state index in [9.17, 15) is 0 Å². The second-order valence-electron chi connectivity index (χ2n) is 10.4. The van der Waals surface area contributed by atoms with Gasteiger partial charge in [0.2, 0.25) is 5.89 Å². The molecule has 0 aliphatic carbocycles. The molecule has 0 fully saturated rings. The summed E-state index contributed by atoms with van der Waals surface area (Å²) in [5.74, 6) is 0.602. The van der Waals surface area contributed by atoms with Gasteiger partial charge in [-0.25, -0.2) is 4.98 Å². The van der Waals surface area contributed by atoms with Gasteiger partial charge in [-0.05, 0) is 60.7 Å². The van der Waals surface area contributed by atoms with Crippen LogP contribution in [-0.4, -0.2) is 4.98 Å². The number of benzene rings is 6. The van der Waals surface area contributed by atoms with Crippen LogP contribution in [0.4, 0.5) is 17.1 Å². The first-order chi connectivity index (χ1) is 20.8. The molecule has 0 spiro atoms. The van der Waals surface area contributed by atoms with Gasteiger partial charge in [0.25, 0.3) is 0 Å². The van der Waals surface area contributed by atoms with E-state index in [1.54, 1.807) is 0 Å². The molecule has 0 unspecified atom stereocenters. The maximum absolute atomic E-state index is 6.42. The number of furan rings is 2. The third-order valence-electron chi connectivity index (χ3n) is 7.88. The highest BCUT2D eigenvalue weighted by Crippen LogP contribution is 2.41. The molecule has 5 heteroatoms. The zero-order chi connectivity index (χ0) is 27.6. The number of hydrogen-bond donors (Lipinski definition) is 0. The number of fused-ring (bicyclic) bond motifs is 7. The second kappa shape index (κ2) is 8.85. The summed E-state index contributed by atoms with van der Waals surface area (Å²) >= 11 is 0. The quantitative estimate of drug-likeness (QED) is 0.221. The van der Waals surface area contributed by atoms with E-state index in [2.05, 4.69) is 65.6 Å². The Hall–Kier alpha value is -5.81. The van der Waals surface area contributed by atoms with Gasteiger partial charge in [0.1, 0.15) is 27.8 Å². The van der Waals surface area contributed by atoms with Crippen molar-refractivity contribution >= 4 is 72.0 Å². The van der Waals surface area contributed by atoms with Gasteiger partial charge < -0.3 is 18.2 Å². The van der Waals surface area contributed by atoms with Crippen molar-refractivity contribution in [1.82, 2.24) is 4.98 Å². The van der Waals surface area contributed by atoms with Crippen molar-refractivity contribution in [2.75, 3.05) is 4.90 Å². The standard InChI is InChI=1S/C37H22N2O3/c1-3-9-23(10-4-1)37-38-31-21-30-29-18-16-26(20-34(29)41-35(30)22-36(31)42-37)39(24-11-5-2-6-12-24)25-15-17-28-27-13-7-8-14-32(27)40-33(28)19-25/h1-22H. The van der Waals surface area contributed by atoms with E-state index in [4.69, 9.17) is 18.2 Å². The SMILES string of the molecule is c1ccc(-c2nc3cc4c(cc3o2)oc2cc(N(c3ccccc3)c3ccc5c(c3)oc3ccccc35)ccc24)cc1. The number of anilines is 3. The minimum Gasteiger partial charge on any atom is -0.456 e. The summed E-state index contributed by atoms with van der Waals surface area (Å²) in [6.45, 7) is 0. The van der Waals surface area contributed by atoms with E-state index in [0.717, 1.165) is 72.0 Å². The molecule has 0 aliphatic heterocycles. The Morgan fingerprint density at radius 2 is 1.00 bits per heavy atom. The summed E-state index contributed by atoms with van der Waals surface area (Å²) in [6, 6.07) is 45.1. The average molecular weight is 543 g/mol. The summed E-state index contributed by atoms with van der Waals surface area (Å²) in [5.41, 5.74) is 8.77. The van der Waals surface area contributed by atoms with Crippen LogP contribution in [0.1, 0.15) is 0 Å². The highest BCUT2D eigenvalue weighted by molar-refractivity contribution is 6.10. The lowest BCUT2D eigenvalue weighted by atomic mass is 10.1. The highest BCUT2D eigenvalue weighted by atomic mass is 16.4. The first-order valence-electron chi connectivity index (χ1n) is 13.9. The van der Waals surface area contributed by atoms with Gasteiger partial charge in [-0.3, -0.25) is 0 Å². The molecule has 6 aromatic carbocycles. The van der Waals surface area contributed by atoms with Crippen LogP contribution in [-0.2, 0) is 0 Å². The Labute approximate surface area is 239 Å². The molecule has 3 aromatic heterocycles. The summed E-state index contributed by atoms with van der Waals surface area (Å²) in [7, 11) is 0. The molecule has 0 saturated carbocycles. The van der Waals surface area contributed by atoms with Gasteiger partial charge in [-0.2, -0.15) is 0 Å². The van der Waals surface area contributed by atoms with Crippen molar-refractivity contribution in [3.8, 4) is 11.5 Å². The van der Waals surface area contributed by atoms with E-state index in [0.29, 0.717) is 11.5 Å². The first-order valence-corrected chi connectivity index (χ1v) is 13.9. The predicted octanol–water partition coefficient (Wildman–Crippen LogP) is 10.8. The minimum atomic E-state index is 0.602. The number of hydrogen-bond acceptors (Lipinski definition) is 5. The number of oxazole rings is 1. The lowest BCUT2D eigenvalue weighted by molar-refractivity contribution is 0.617. The fourth-order valence-corrected chi connectivity index (χ4v) is 5.91. The van der Waals surface area contributed by atoms with Crippen LogP contribution in [0.2, 0.25) is 0 Å². The Bertz CT molecular complexity index is 2420. The zero-order valence-electron chi connectivity index (χ0n) is 22.3. The van der Waals surface area contributed by atoms with Crippen molar-refractivity contribution < 1.29 is 13.3 Å². The van der Waals surface area contributed by atoms with Gasteiger partial charge in [0.15, 0.2) is 5.58 Å². The summed E-state index contributed by atoms with van der Waals surface area (Å²) in [6.07, 6.45) is 0. The van der Waals surface area contributed by atoms with Crippen LogP contribution in [0.5, 0.6) is 0 Å². The molecule has 0 amide bonds. The number of para-hydroxylation sites is 2. The Balaban J connectivity index is 1.19. The van der Waals surface area contributed by atoms with Crippen molar-refractivity contribution in [3.05, 3.63) is 133 Å². The maximum Gasteiger partial charge on any atom is 0.227 e. The third-order valence-corrected chi connectivity index (χ3v) is 7.88. The Morgan fingerprint density at radius 1 is 0.405 bits per heavy atom. The van der Waals surface area contributed by atoms with Crippen LogP contribution in [0.3, 0.4) is 0 Å². The third kappa shape index (κ3) is 3.54. The molecule has 0 aliphatic rings. The summed E-state index contributed by atoms with van der Waals surface area (Å²) < 4.78 is 18.8. The zero-order valence-corrected chi connectivity index (χ0v) is 22.3. The molecule has 0 radical (unpaired) electrons. The normalized spacial score (nSPS) is 11.8. The fraction of sp³-hybridized carbons (Fsp3) is 0. The minimum absolute atomic E-state index is 0.602. The topological polar surface area (TPSA) is 55.6 Å². The maximum atomic E-state index is 6.42. The highest BCUT2D eigenvalue weighted by Gasteiger charge is 2.18. The lowest BCUT2D eigenvalue weighted by Crippen LogP contribution is -2.09. The van der Waals surface area contributed by atoms with Crippen LogP contribution in [0, 0.1) is 0 Å². The molecule has 0 saturated heterocycles. The van der Waals surface area contributed by atoms with Crippen LogP contribution in [0.25, 0.3) is 66.4 Å². The van der Waals surface area contributed by atoms with Gasteiger partial charge in [-0.1, -0.05) is 54.6 Å². The molecular weight excluding hydrogens is 520 g/mol. The average Bonchev–Trinajstić information content (AvgIpc) is 3.73. The van der Waals surface area contributed by atoms with E-state index in [1.807, 2.05) is 72.8 Å². The molecule has 9 aromatic rings. The fourth-order valence-electron chi connectivity index (χ4n) is 5.91. The van der Waals surface area contributed by atoms with E-state index < -0.39 is 0 Å². The van der Waals surface area contributed by atoms with Crippen LogP contribution < -0.4 is 4.90 Å². The van der Waals surface area contributed by atoms with Crippen molar-refractivity contribution in [3.63, 3.8) is 0 Å². The predicted molar refractivity (Wildman–Crippen MR) is 169 cm³/mol. The smallest absolute Gasteiger partial charge is 0.227 e. The molecule has 3 heterocycles. The van der Waals surface area contributed by atoms with E-state index in [1.165, 1.54) is 0 Å². The van der Waals surface area contributed by atoms with Crippen molar-refractivity contribution in [1.29, 1.82) is 0 Å². The molecule has 5 nitrogen and oxygen atoms in total.